The molecule has 2 heterocycles. The number of hydrogen-bond donors (Lipinski definition) is 0. The summed E-state index contributed by atoms with van der Waals surface area (Å²) in [6, 6.07) is 0. The van der Waals surface area contributed by atoms with Gasteiger partial charge in [0.25, 0.3) is 0 Å². The monoisotopic (exact) mass is 221 g/mol. The van der Waals surface area contributed by atoms with E-state index < -0.39 is 0 Å². The first-order valence-electron chi connectivity index (χ1n) is 5.21. The topological polar surface area (TPSA) is 38.7 Å². The van der Waals surface area contributed by atoms with E-state index in [1.54, 1.807) is 6.33 Å². The van der Waals surface area contributed by atoms with Crippen LogP contribution < -0.4 is 0 Å². The third-order valence-corrected chi connectivity index (χ3v) is 3.28. The molecule has 0 amide bonds. The van der Waals surface area contributed by atoms with Crippen LogP contribution in [0, 0.1) is 0 Å². The molecule has 0 unspecified atom stereocenters. The van der Waals surface area contributed by atoms with Crippen LogP contribution in [0.1, 0.15) is 50.9 Å². The summed E-state index contributed by atoms with van der Waals surface area (Å²) in [5.74, 6) is 0.852. The second kappa shape index (κ2) is 3.85. The van der Waals surface area contributed by atoms with Gasteiger partial charge in [-0.2, -0.15) is 4.37 Å². The summed E-state index contributed by atoms with van der Waals surface area (Å²) >= 11 is 1.52. The number of rotatable bonds is 2. The molecular formula is C11H15N3S. The molecule has 0 aliphatic carbocycles. The van der Waals surface area contributed by atoms with E-state index >= 15 is 0 Å². The van der Waals surface area contributed by atoms with Crippen LogP contribution in [0.4, 0.5) is 0 Å². The number of nitrogens with zero attached hydrogens (tertiary/aromatic N) is 3. The maximum Gasteiger partial charge on any atom is 0.116 e. The lowest BCUT2D eigenvalue weighted by Crippen LogP contribution is -1.95. The smallest absolute Gasteiger partial charge is 0.116 e. The summed E-state index contributed by atoms with van der Waals surface area (Å²) in [5, 5.41) is 0. The van der Waals surface area contributed by atoms with Crippen LogP contribution in [-0.2, 0) is 0 Å². The lowest BCUT2D eigenvalue weighted by atomic mass is 10.1. The van der Waals surface area contributed by atoms with Gasteiger partial charge in [-0.15, -0.1) is 0 Å². The Bertz CT molecular complexity index is 474. The first-order chi connectivity index (χ1) is 7.11. The predicted octanol–water partition coefficient (Wildman–Crippen LogP) is 3.33. The van der Waals surface area contributed by atoms with Crippen LogP contribution in [0.2, 0.25) is 0 Å². The quantitative estimate of drug-likeness (QED) is 0.780. The van der Waals surface area contributed by atoms with Gasteiger partial charge in [-0.3, -0.25) is 0 Å². The van der Waals surface area contributed by atoms with E-state index in [0.717, 1.165) is 21.6 Å². The number of fused-ring (bicyclic) bond motifs is 1. The summed E-state index contributed by atoms with van der Waals surface area (Å²) < 4.78 is 5.63. The Kier molecular flexibility index (Phi) is 2.69. The van der Waals surface area contributed by atoms with Gasteiger partial charge in [-0.25, -0.2) is 9.97 Å². The van der Waals surface area contributed by atoms with Crippen molar-refractivity contribution in [2.45, 2.75) is 39.5 Å². The van der Waals surface area contributed by atoms with E-state index in [-0.39, 0.29) is 0 Å². The van der Waals surface area contributed by atoms with Crippen LogP contribution in [0.3, 0.4) is 0 Å². The number of aromatic nitrogens is 3. The summed E-state index contributed by atoms with van der Waals surface area (Å²) in [4.78, 5) is 8.68. The van der Waals surface area contributed by atoms with Crippen molar-refractivity contribution in [2.24, 2.45) is 0 Å². The van der Waals surface area contributed by atoms with Crippen LogP contribution in [0.5, 0.6) is 0 Å². The van der Waals surface area contributed by atoms with Crippen molar-refractivity contribution in [2.75, 3.05) is 0 Å². The Morgan fingerprint density at radius 3 is 2.27 bits per heavy atom. The molecule has 0 aromatic carbocycles. The van der Waals surface area contributed by atoms with E-state index in [0.29, 0.717) is 11.8 Å². The summed E-state index contributed by atoms with van der Waals surface area (Å²) in [5.41, 5.74) is 3.25. The molecule has 4 heteroatoms. The fourth-order valence-electron chi connectivity index (χ4n) is 1.59. The highest BCUT2D eigenvalue weighted by Crippen LogP contribution is 2.30. The van der Waals surface area contributed by atoms with Gasteiger partial charge in [-0.1, -0.05) is 27.7 Å². The lowest BCUT2D eigenvalue weighted by Gasteiger charge is -2.04. The zero-order valence-corrected chi connectivity index (χ0v) is 10.3. The first kappa shape index (κ1) is 10.5. The van der Waals surface area contributed by atoms with Crippen LogP contribution in [0.15, 0.2) is 6.33 Å². The summed E-state index contributed by atoms with van der Waals surface area (Å²) in [7, 11) is 0. The van der Waals surface area contributed by atoms with Gasteiger partial charge in [0, 0.05) is 0 Å². The third kappa shape index (κ3) is 1.74. The minimum absolute atomic E-state index is 0.425. The average molecular weight is 221 g/mol. The van der Waals surface area contributed by atoms with Gasteiger partial charge in [0.2, 0.25) is 0 Å². The van der Waals surface area contributed by atoms with Crippen molar-refractivity contribution < 1.29 is 0 Å². The maximum atomic E-state index is 4.48. The summed E-state index contributed by atoms with van der Waals surface area (Å²) in [6.07, 6.45) is 1.65. The van der Waals surface area contributed by atoms with Crippen molar-refractivity contribution in [3.8, 4) is 0 Å². The van der Waals surface area contributed by atoms with Crippen LogP contribution >= 0.6 is 11.5 Å². The van der Waals surface area contributed by atoms with Crippen molar-refractivity contribution >= 4 is 21.7 Å². The molecular weight excluding hydrogens is 206 g/mol. The van der Waals surface area contributed by atoms with Gasteiger partial charge in [0.05, 0.1) is 16.1 Å². The zero-order valence-electron chi connectivity index (χ0n) is 9.48. The Morgan fingerprint density at radius 2 is 1.67 bits per heavy atom. The molecule has 0 aliphatic heterocycles. The molecule has 0 spiro atoms. The first-order valence-corrected chi connectivity index (χ1v) is 5.98. The average Bonchev–Trinajstić information content (AvgIpc) is 2.59. The molecule has 2 aromatic heterocycles. The SMILES string of the molecule is CC(C)c1nsc2c(C(C)C)ncnc12. The zero-order chi connectivity index (χ0) is 11.0. The predicted molar refractivity (Wildman–Crippen MR) is 63.4 cm³/mol. The molecule has 15 heavy (non-hydrogen) atoms. The molecule has 0 saturated heterocycles. The second-order valence-corrected chi connectivity index (χ2v) is 5.09. The van der Waals surface area contributed by atoms with Crippen molar-refractivity contribution in [1.82, 2.24) is 14.3 Å². The van der Waals surface area contributed by atoms with E-state index in [1.165, 1.54) is 11.5 Å². The van der Waals surface area contributed by atoms with E-state index in [9.17, 15) is 0 Å². The molecule has 80 valence electrons. The molecule has 2 aromatic rings. The molecule has 3 nitrogen and oxygen atoms in total. The van der Waals surface area contributed by atoms with Gasteiger partial charge in [0.1, 0.15) is 11.8 Å². The van der Waals surface area contributed by atoms with Crippen molar-refractivity contribution in [1.29, 1.82) is 0 Å². The molecule has 0 radical (unpaired) electrons. The molecule has 0 bridgehead atoms. The van der Waals surface area contributed by atoms with Crippen LogP contribution in [-0.4, -0.2) is 14.3 Å². The third-order valence-electron chi connectivity index (χ3n) is 2.40. The Morgan fingerprint density at radius 1 is 1.00 bits per heavy atom. The fraction of sp³-hybridized carbons (Fsp3) is 0.545. The van der Waals surface area contributed by atoms with Crippen LogP contribution in [0.25, 0.3) is 10.2 Å². The number of hydrogen-bond acceptors (Lipinski definition) is 4. The fourth-order valence-corrected chi connectivity index (χ4v) is 2.70. The highest BCUT2D eigenvalue weighted by Gasteiger charge is 2.15. The second-order valence-electron chi connectivity index (χ2n) is 4.31. The standard InChI is InChI=1S/C11H15N3S/c1-6(2)8-10-11(15-14-8)9(7(3)4)12-5-13-10/h5-7H,1-4H3. The molecule has 0 atom stereocenters. The van der Waals surface area contributed by atoms with E-state index in [2.05, 4.69) is 42.0 Å². The Labute approximate surface area is 93.7 Å². The molecule has 0 aliphatic rings. The Balaban J connectivity index is 2.69. The molecule has 0 fully saturated rings. The minimum atomic E-state index is 0.425. The lowest BCUT2D eigenvalue weighted by molar-refractivity contribution is 0.825. The van der Waals surface area contributed by atoms with Gasteiger partial charge < -0.3 is 0 Å². The molecule has 2 rings (SSSR count). The highest BCUT2D eigenvalue weighted by molar-refractivity contribution is 7.13. The largest absolute Gasteiger partial charge is 0.240 e. The van der Waals surface area contributed by atoms with E-state index in [4.69, 9.17) is 0 Å². The van der Waals surface area contributed by atoms with Crippen molar-refractivity contribution in [3.63, 3.8) is 0 Å². The normalized spacial score (nSPS) is 11.9. The molecule has 0 saturated carbocycles. The minimum Gasteiger partial charge on any atom is -0.240 e. The van der Waals surface area contributed by atoms with Crippen molar-refractivity contribution in [3.05, 3.63) is 17.7 Å². The van der Waals surface area contributed by atoms with E-state index in [1.807, 2.05) is 0 Å². The molecule has 0 N–H and O–H groups in total. The van der Waals surface area contributed by atoms with Gasteiger partial charge in [-0.05, 0) is 23.4 Å². The Hall–Kier alpha value is -1.03. The maximum absolute atomic E-state index is 4.48. The summed E-state index contributed by atoms with van der Waals surface area (Å²) in [6.45, 7) is 8.59. The highest BCUT2D eigenvalue weighted by atomic mass is 32.1. The van der Waals surface area contributed by atoms with Gasteiger partial charge in [0.15, 0.2) is 0 Å². The van der Waals surface area contributed by atoms with Gasteiger partial charge >= 0.3 is 0 Å².